The molecule has 148 valence electrons. The van der Waals surface area contributed by atoms with Gasteiger partial charge in [0, 0.05) is 22.9 Å². The van der Waals surface area contributed by atoms with Crippen molar-refractivity contribution in [3.05, 3.63) is 67.8 Å². The van der Waals surface area contributed by atoms with Crippen molar-refractivity contribution in [1.29, 1.82) is 0 Å². The molecule has 1 aromatic carbocycles. The van der Waals surface area contributed by atoms with Gasteiger partial charge in [0.05, 0.1) is 32.0 Å². The molecule has 0 saturated heterocycles. The highest BCUT2D eigenvalue weighted by molar-refractivity contribution is 7.23. The van der Waals surface area contributed by atoms with Crippen molar-refractivity contribution < 1.29 is 4.79 Å². The van der Waals surface area contributed by atoms with Crippen LogP contribution in [-0.4, -0.2) is 22.4 Å². The molecule has 0 aliphatic rings. The Morgan fingerprint density at radius 1 is 1.07 bits per heavy atom. The minimum Gasteiger partial charge on any atom is -0.355 e. The first kappa shape index (κ1) is 20.2. The van der Waals surface area contributed by atoms with E-state index in [1.807, 2.05) is 24.4 Å². The van der Waals surface area contributed by atoms with Crippen molar-refractivity contribution in [3.63, 3.8) is 0 Å². The lowest BCUT2D eigenvalue weighted by molar-refractivity contribution is -0.120. The van der Waals surface area contributed by atoms with Gasteiger partial charge in [-0.3, -0.25) is 4.79 Å². The molecule has 1 N–H and O–H groups in total. The molecule has 0 unspecified atom stereocenters. The molecular formula is C21H18ClN3OS3. The first-order chi connectivity index (χ1) is 14.1. The highest BCUT2D eigenvalue weighted by Crippen LogP contribution is 2.33. The molecule has 1 amide bonds. The van der Waals surface area contributed by atoms with Gasteiger partial charge in [-0.1, -0.05) is 35.9 Å². The Balaban J connectivity index is 1.25. The normalized spacial score (nSPS) is 11.0. The molecule has 4 aromatic rings. The minimum atomic E-state index is -0.0133. The quantitative estimate of drug-likeness (QED) is 0.376. The Labute approximate surface area is 186 Å². The molecule has 0 fully saturated rings. The summed E-state index contributed by atoms with van der Waals surface area (Å²) in [6.07, 6.45) is 1.08. The maximum absolute atomic E-state index is 12.2. The van der Waals surface area contributed by atoms with E-state index in [9.17, 15) is 4.79 Å². The molecule has 4 rings (SSSR count). The van der Waals surface area contributed by atoms with E-state index in [0.717, 1.165) is 42.6 Å². The zero-order valence-electron chi connectivity index (χ0n) is 15.6. The number of amides is 1. The summed E-state index contributed by atoms with van der Waals surface area (Å²) in [6.45, 7) is 2.61. The van der Waals surface area contributed by atoms with Crippen LogP contribution in [0.5, 0.6) is 0 Å². The van der Waals surface area contributed by atoms with Gasteiger partial charge in [-0.15, -0.1) is 34.0 Å². The summed E-state index contributed by atoms with van der Waals surface area (Å²) in [5.74, 6) is -0.0133. The highest BCUT2D eigenvalue weighted by atomic mass is 35.5. The Morgan fingerprint density at radius 2 is 1.90 bits per heavy atom. The number of nitrogens with one attached hydrogen (secondary N) is 1. The number of rotatable bonds is 7. The lowest BCUT2D eigenvalue weighted by atomic mass is 10.1. The number of hydrogen-bond acceptors (Lipinski definition) is 6. The maximum Gasteiger partial charge on any atom is 0.226 e. The third-order valence-electron chi connectivity index (χ3n) is 4.28. The second kappa shape index (κ2) is 9.17. The predicted molar refractivity (Wildman–Crippen MR) is 123 cm³/mol. The van der Waals surface area contributed by atoms with E-state index in [4.69, 9.17) is 11.6 Å². The zero-order chi connectivity index (χ0) is 20.2. The van der Waals surface area contributed by atoms with Gasteiger partial charge < -0.3 is 5.32 Å². The van der Waals surface area contributed by atoms with Crippen LogP contribution in [0.25, 0.3) is 21.1 Å². The zero-order valence-corrected chi connectivity index (χ0v) is 18.9. The van der Waals surface area contributed by atoms with Crippen LogP contribution in [0.4, 0.5) is 0 Å². The Morgan fingerprint density at radius 3 is 2.59 bits per heavy atom. The smallest absolute Gasteiger partial charge is 0.226 e. The lowest BCUT2D eigenvalue weighted by Crippen LogP contribution is -2.27. The summed E-state index contributed by atoms with van der Waals surface area (Å²) in [4.78, 5) is 22.3. The molecule has 0 bridgehead atoms. The number of aryl methyl sites for hydroxylation is 1. The fourth-order valence-electron chi connectivity index (χ4n) is 2.84. The number of thiazole rings is 2. The molecule has 3 aromatic heterocycles. The molecular weight excluding hydrogens is 442 g/mol. The monoisotopic (exact) mass is 459 g/mol. The van der Waals surface area contributed by atoms with Crippen molar-refractivity contribution in [2.45, 2.75) is 19.8 Å². The molecule has 0 aliphatic carbocycles. The van der Waals surface area contributed by atoms with Gasteiger partial charge in [-0.2, -0.15) is 0 Å². The highest BCUT2D eigenvalue weighted by Gasteiger charge is 2.10. The van der Waals surface area contributed by atoms with Crippen molar-refractivity contribution in [3.8, 4) is 21.1 Å². The van der Waals surface area contributed by atoms with Gasteiger partial charge in [0.1, 0.15) is 5.01 Å². The lowest BCUT2D eigenvalue weighted by Gasteiger charge is -2.05. The second-order valence-corrected chi connectivity index (χ2v) is 10.1. The van der Waals surface area contributed by atoms with Crippen LogP contribution in [0, 0.1) is 6.92 Å². The summed E-state index contributed by atoms with van der Waals surface area (Å²) >= 11 is 10.7. The summed E-state index contributed by atoms with van der Waals surface area (Å²) in [5, 5.41) is 8.95. The van der Waals surface area contributed by atoms with Crippen molar-refractivity contribution >= 4 is 51.5 Å². The van der Waals surface area contributed by atoms with Crippen LogP contribution in [0.2, 0.25) is 4.34 Å². The van der Waals surface area contributed by atoms with Crippen LogP contribution in [0.3, 0.4) is 0 Å². The SMILES string of the molecule is Cc1nc(-c2ccc(CCNC(=O)Cc3csc(-c4ccc(Cl)s4)n3)cc2)cs1. The summed E-state index contributed by atoms with van der Waals surface area (Å²) in [7, 11) is 0. The molecule has 8 heteroatoms. The van der Waals surface area contributed by atoms with Crippen LogP contribution in [0.15, 0.2) is 47.2 Å². The molecule has 29 heavy (non-hydrogen) atoms. The molecule has 4 nitrogen and oxygen atoms in total. The molecule has 3 heterocycles. The number of thiophene rings is 1. The van der Waals surface area contributed by atoms with Gasteiger partial charge in [0.15, 0.2) is 0 Å². The average Bonchev–Trinajstić information content (AvgIpc) is 3.44. The number of carbonyl (C=O) groups excluding carboxylic acids is 1. The van der Waals surface area contributed by atoms with Crippen LogP contribution < -0.4 is 5.32 Å². The first-order valence-corrected chi connectivity index (χ1v) is 12.0. The fraction of sp³-hybridized carbons (Fsp3) is 0.190. The average molecular weight is 460 g/mol. The standard InChI is InChI=1S/C21H18ClN3OS3/c1-13-24-17(12-27-13)15-4-2-14(3-5-15)8-9-23-20(26)10-16-11-28-21(25-16)18-6-7-19(22)29-18/h2-7,11-12H,8-10H2,1H3,(H,23,26). The van der Waals surface area contributed by atoms with E-state index in [-0.39, 0.29) is 12.3 Å². The Kier molecular flexibility index (Phi) is 6.40. The Hall–Kier alpha value is -2.06. The van der Waals surface area contributed by atoms with Gasteiger partial charge in [-0.05, 0) is 31.0 Å². The number of aromatic nitrogens is 2. The van der Waals surface area contributed by atoms with Crippen molar-refractivity contribution in [2.24, 2.45) is 0 Å². The second-order valence-electron chi connectivity index (χ2n) is 6.47. The molecule has 0 saturated carbocycles. The predicted octanol–water partition coefficient (Wildman–Crippen LogP) is 5.86. The number of carbonyl (C=O) groups is 1. The molecule has 0 atom stereocenters. The minimum absolute atomic E-state index is 0.0133. The van der Waals surface area contributed by atoms with Gasteiger partial charge in [0.25, 0.3) is 0 Å². The van der Waals surface area contributed by atoms with Crippen LogP contribution in [-0.2, 0) is 17.6 Å². The fourth-order valence-corrected chi connectivity index (χ4v) is 5.40. The number of benzene rings is 1. The van der Waals surface area contributed by atoms with Crippen LogP contribution >= 0.6 is 45.6 Å². The first-order valence-electron chi connectivity index (χ1n) is 9.05. The van der Waals surface area contributed by atoms with Crippen molar-refractivity contribution in [1.82, 2.24) is 15.3 Å². The number of nitrogens with zero attached hydrogens (tertiary/aromatic N) is 2. The van der Waals surface area contributed by atoms with Gasteiger partial charge in [0.2, 0.25) is 5.91 Å². The third kappa shape index (κ3) is 5.30. The summed E-state index contributed by atoms with van der Waals surface area (Å²) in [5.41, 5.74) is 4.11. The van der Waals surface area contributed by atoms with E-state index in [1.54, 1.807) is 11.3 Å². The molecule has 0 aliphatic heterocycles. The van der Waals surface area contributed by atoms with Gasteiger partial charge in [-0.25, -0.2) is 9.97 Å². The van der Waals surface area contributed by atoms with E-state index < -0.39 is 0 Å². The maximum atomic E-state index is 12.2. The molecule has 0 spiro atoms. The largest absolute Gasteiger partial charge is 0.355 e. The van der Waals surface area contributed by atoms with E-state index in [2.05, 4.69) is 44.9 Å². The molecule has 0 radical (unpaired) electrons. The van der Waals surface area contributed by atoms with E-state index in [0.29, 0.717) is 6.54 Å². The van der Waals surface area contributed by atoms with E-state index in [1.165, 1.54) is 28.2 Å². The topological polar surface area (TPSA) is 54.9 Å². The summed E-state index contributed by atoms with van der Waals surface area (Å²) in [6, 6.07) is 12.2. The third-order valence-corrected chi connectivity index (χ3v) is 7.35. The number of halogens is 1. The van der Waals surface area contributed by atoms with E-state index >= 15 is 0 Å². The van der Waals surface area contributed by atoms with Crippen LogP contribution in [0.1, 0.15) is 16.3 Å². The number of hydrogen-bond donors (Lipinski definition) is 1. The van der Waals surface area contributed by atoms with Gasteiger partial charge >= 0.3 is 0 Å². The summed E-state index contributed by atoms with van der Waals surface area (Å²) < 4.78 is 0.740. The Bertz CT molecular complexity index is 1110. The van der Waals surface area contributed by atoms with Crippen molar-refractivity contribution in [2.75, 3.05) is 6.54 Å².